The standard InChI is InChI=1S/C22H25N5O4S/c1-13-11-27(12-14(2)31-13)22-24-19-15(20(25-22)26-7-9-30-10-8-26)3-4-16(23-19)17-5-6-18(32-17)21(28)29/h3-6,13-14H,7-12H2,1-2H3,(H,28,29). The third-order valence-electron chi connectivity index (χ3n) is 5.61. The number of hydrogen-bond donors (Lipinski definition) is 1. The molecule has 32 heavy (non-hydrogen) atoms. The Bertz CT molecular complexity index is 1140. The maximum atomic E-state index is 11.3. The summed E-state index contributed by atoms with van der Waals surface area (Å²) in [4.78, 5) is 31.4. The number of aromatic nitrogens is 3. The van der Waals surface area contributed by atoms with Crippen molar-refractivity contribution in [3.8, 4) is 10.6 Å². The summed E-state index contributed by atoms with van der Waals surface area (Å²) in [6.45, 7) is 8.37. The molecule has 2 saturated heterocycles. The number of carbonyl (C=O) groups is 1. The molecular formula is C22H25N5O4S. The summed E-state index contributed by atoms with van der Waals surface area (Å²) in [6.07, 6.45) is 0.175. The van der Waals surface area contributed by atoms with Gasteiger partial charge in [-0.25, -0.2) is 9.78 Å². The lowest BCUT2D eigenvalue weighted by Gasteiger charge is -2.36. The van der Waals surface area contributed by atoms with Crippen molar-refractivity contribution in [3.05, 3.63) is 29.1 Å². The first-order valence-corrected chi connectivity index (χ1v) is 11.5. The number of aromatic carboxylic acids is 1. The van der Waals surface area contributed by atoms with Crippen LogP contribution >= 0.6 is 11.3 Å². The minimum Gasteiger partial charge on any atom is -0.477 e. The van der Waals surface area contributed by atoms with Gasteiger partial charge in [0.1, 0.15) is 10.7 Å². The van der Waals surface area contributed by atoms with Crippen molar-refractivity contribution in [1.82, 2.24) is 15.0 Å². The van der Waals surface area contributed by atoms with Crippen LogP contribution in [0.4, 0.5) is 11.8 Å². The minimum atomic E-state index is -0.934. The zero-order chi connectivity index (χ0) is 22.2. The monoisotopic (exact) mass is 455 g/mol. The van der Waals surface area contributed by atoms with Crippen molar-refractivity contribution in [2.45, 2.75) is 26.1 Å². The number of carboxylic acid groups (broad SMARTS) is 1. The van der Waals surface area contributed by atoms with E-state index in [4.69, 9.17) is 24.4 Å². The van der Waals surface area contributed by atoms with Gasteiger partial charge in [-0.05, 0) is 38.1 Å². The van der Waals surface area contributed by atoms with Gasteiger partial charge in [-0.15, -0.1) is 11.3 Å². The Hall–Kier alpha value is -2.82. The first kappa shape index (κ1) is 21.0. The smallest absolute Gasteiger partial charge is 0.345 e. The highest BCUT2D eigenvalue weighted by molar-refractivity contribution is 7.17. The quantitative estimate of drug-likeness (QED) is 0.636. The van der Waals surface area contributed by atoms with Gasteiger partial charge >= 0.3 is 5.97 Å². The van der Waals surface area contributed by atoms with Crippen LogP contribution < -0.4 is 9.80 Å². The zero-order valence-corrected chi connectivity index (χ0v) is 18.8. The van der Waals surface area contributed by atoms with Crippen LogP contribution in [0.15, 0.2) is 24.3 Å². The molecule has 168 valence electrons. The van der Waals surface area contributed by atoms with E-state index >= 15 is 0 Å². The predicted molar refractivity (Wildman–Crippen MR) is 123 cm³/mol. The average Bonchev–Trinajstić information content (AvgIpc) is 3.29. The van der Waals surface area contributed by atoms with Gasteiger partial charge in [0, 0.05) is 26.2 Å². The fourth-order valence-electron chi connectivity index (χ4n) is 4.21. The Morgan fingerprint density at radius 3 is 2.47 bits per heavy atom. The lowest BCUT2D eigenvalue weighted by atomic mass is 10.2. The number of fused-ring (bicyclic) bond motifs is 1. The van der Waals surface area contributed by atoms with Crippen LogP contribution in [0.1, 0.15) is 23.5 Å². The largest absolute Gasteiger partial charge is 0.477 e. The summed E-state index contributed by atoms with van der Waals surface area (Å²) in [6, 6.07) is 7.29. The molecule has 0 amide bonds. The maximum Gasteiger partial charge on any atom is 0.345 e. The van der Waals surface area contributed by atoms with E-state index in [9.17, 15) is 9.90 Å². The van der Waals surface area contributed by atoms with Gasteiger partial charge in [0.15, 0.2) is 5.65 Å². The van der Waals surface area contributed by atoms with E-state index in [0.29, 0.717) is 43.6 Å². The molecular weight excluding hydrogens is 430 g/mol. The number of rotatable bonds is 4. The van der Waals surface area contributed by atoms with Gasteiger partial charge in [0.25, 0.3) is 0 Å². The molecule has 2 unspecified atom stereocenters. The molecule has 9 nitrogen and oxygen atoms in total. The summed E-state index contributed by atoms with van der Waals surface area (Å²) in [7, 11) is 0. The number of nitrogens with zero attached hydrogens (tertiary/aromatic N) is 5. The highest BCUT2D eigenvalue weighted by Crippen LogP contribution is 2.32. The molecule has 3 aromatic rings. The molecule has 2 aliphatic rings. The van der Waals surface area contributed by atoms with Gasteiger partial charge in [0.05, 0.1) is 41.4 Å². The normalized spacial score (nSPS) is 21.8. The van der Waals surface area contributed by atoms with Gasteiger partial charge in [-0.1, -0.05) is 0 Å². The van der Waals surface area contributed by atoms with Crippen molar-refractivity contribution < 1.29 is 19.4 Å². The number of pyridine rings is 1. The van der Waals surface area contributed by atoms with Gasteiger partial charge in [-0.3, -0.25) is 0 Å². The third kappa shape index (κ3) is 4.13. The second kappa shape index (κ2) is 8.61. The zero-order valence-electron chi connectivity index (χ0n) is 18.0. The van der Waals surface area contributed by atoms with Crippen LogP contribution in [-0.2, 0) is 9.47 Å². The van der Waals surface area contributed by atoms with Crippen molar-refractivity contribution in [1.29, 1.82) is 0 Å². The van der Waals surface area contributed by atoms with Crippen molar-refractivity contribution in [2.75, 3.05) is 49.2 Å². The summed E-state index contributed by atoms with van der Waals surface area (Å²) in [5.74, 6) is 0.566. The van der Waals surface area contributed by atoms with E-state index in [-0.39, 0.29) is 17.1 Å². The van der Waals surface area contributed by atoms with Crippen LogP contribution in [0.5, 0.6) is 0 Å². The lowest BCUT2D eigenvalue weighted by Crippen LogP contribution is -2.46. The molecule has 10 heteroatoms. The summed E-state index contributed by atoms with van der Waals surface area (Å²) < 4.78 is 11.4. The molecule has 1 N–H and O–H groups in total. The molecule has 2 atom stereocenters. The Morgan fingerprint density at radius 2 is 1.78 bits per heavy atom. The van der Waals surface area contributed by atoms with Crippen molar-refractivity contribution in [3.63, 3.8) is 0 Å². The predicted octanol–water partition coefficient (Wildman–Crippen LogP) is 2.90. The number of morpholine rings is 2. The number of thiophene rings is 1. The molecule has 5 heterocycles. The molecule has 2 fully saturated rings. The SMILES string of the molecule is CC1CN(c2nc(N3CCOCC3)c3ccc(-c4ccc(C(=O)O)s4)nc3n2)CC(C)O1. The van der Waals surface area contributed by atoms with E-state index in [0.717, 1.165) is 29.2 Å². The first-order chi connectivity index (χ1) is 15.5. The molecule has 3 aromatic heterocycles. The molecule has 0 aromatic carbocycles. The van der Waals surface area contributed by atoms with Crippen LogP contribution in [-0.4, -0.2) is 77.6 Å². The minimum absolute atomic E-state index is 0.0877. The topological polar surface area (TPSA) is 101 Å². The van der Waals surface area contributed by atoms with E-state index < -0.39 is 5.97 Å². The fourth-order valence-corrected chi connectivity index (χ4v) is 5.02. The second-order valence-corrected chi connectivity index (χ2v) is 9.23. The van der Waals surface area contributed by atoms with Gasteiger partial charge in [-0.2, -0.15) is 9.97 Å². The molecule has 0 radical (unpaired) electrons. The van der Waals surface area contributed by atoms with E-state index in [1.54, 1.807) is 12.1 Å². The molecule has 0 spiro atoms. The van der Waals surface area contributed by atoms with Crippen molar-refractivity contribution >= 4 is 40.1 Å². The Morgan fingerprint density at radius 1 is 1.03 bits per heavy atom. The Balaban J connectivity index is 1.60. The van der Waals surface area contributed by atoms with Crippen LogP contribution in [0.2, 0.25) is 0 Å². The molecule has 0 saturated carbocycles. The van der Waals surface area contributed by atoms with E-state index in [1.165, 1.54) is 11.3 Å². The summed E-state index contributed by atoms with van der Waals surface area (Å²) >= 11 is 1.21. The molecule has 5 rings (SSSR count). The first-order valence-electron chi connectivity index (χ1n) is 10.7. The number of anilines is 2. The van der Waals surface area contributed by atoms with Crippen molar-refractivity contribution in [2.24, 2.45) is 0 Å². The maximum absolute atomic E-state index is 11.3. The number of ether oxygens (including phenoxy) is 2. The Kier molecular flexibility index (Phi) is 5.66. The average molecular weight is 456 g/mol. The van der Waals surface area contributed by atoms with Crippen LogP contribution in [0, 0.1) is 0 Å². The molecule has 0 bridgehead atoms. The van der Waals surface area contributed by atoms with E-state index in [2.05, 4.69) is 23.6 Å². The highest BCUT2D eigenvalue weighted by atomic mass is 32.1. The van der Waals surface area contributed by atoms with E-state index in [1.807, 2.05) is 12.1 Å². The number of hydrogen-bond acceptors (Lipinski definition) is 9. The molecule has 2 aliphatic heterocycles. The van der Waals surface area contributed by atoms with Crippen LogP contribution in [0.25, 0.3) is 21.6 Å². The lowest BCUT2D eigenvalue weighted by molar-refractivity contribution is -0.00570. The number of carboxylic acids is 1. The fraction of sp³-hybridized carbons (Fsp3) is 0.455. The summed E-state index contributed by atoms with van der Waals surface area (Å²) in [5.41, 5.74) is 1.31. The van der Waals surface area contributed by atoms with Gasteiger partial charge < -0.3 is 24.4 Å². The molecule has 0 aliphatic carbocycles. The van der Waals surface area contributed by atoms with Crippen LogP contribution in [0.3, 0.4) is 0 Å². The highest BCUT2D eigenvalue weighted by Gasteiger charge is 2.26. The van der Waals surface area contributed by atoms with Gasteiger partial charge in [0.2, 0.25) is 5.95 Å². The third-order valence-corrected chi connectivity index (χ3v) is 6.71. The summed E-state index contributed by atoms with van der Waals surface area (Å²) in [5, 5.41) is 10.1. The Labute approximate surface area is 189 Å². The second-order valence-electron chi connectivity index (χ2n) is 8.15.